The Labute approximate surface area is 123 Å². The molecule has 110 valence electrons. The van der Waals surface area contributed by atoms with Gasteiger partial charge in [0.1, 0.15) is 17.5 Å². The normalized spacial score (nSPS) is 18.2. The van der Waals surface area contributed by atoms with Crippen molar-refractivity contribution in [3.8, 4) is 5.75 Å². The molecule has 1 atom stereocenters. The molecule has 2 rings (SSSR count). The molecule has 0 saturated heterocycles. The highest BCUT2D eigenvalue weighted by Crippen LogP contribution is 2.36. The zero-order chi connectivity index (χ0) is 14.9. The summed E-state index contributed by atoms with van der Waals surface area (Å²) >= 11 is 5.97. The van der Waals surface area contributed by atoms with Crippen LogP contribution in [0.5, 0.6) is 5.75 Å². The fourth-order valence-corrected chi connectivity index (χ4v) is 2.07. The fourth-order valence-electron chi connectivity index (χ4n) is 1.90. The smallest absolute Gasteiger partial charge is 0.415 e. The van der Waals surface area contributed by atoms with Gasteiger partial charge in [-0.2, -0.15) is 0 Å². The summed E-state index contributed by atoms with van der Waals surface area (Å²) in [5, 5.41) is 9.78. The molecule has 1 aliphatic heterocycles. The SMILES string of the molecule is CC(C)(C)OC(=O)N1C[C@H](CO)Oc2ccc(Cl)cc21. The maximum atomic E-state index is 12.3. The van der Waals surface area contributed by atoms with Gasteiger partial charge in [-0.1, -0.05) is 11.6 Å². The Hall–Kier alpha value is -1.46. The quantitative estimate of drug-likeness (QED) is 0.866. The number of hydrogen-bond acceptors (Lipinski definition) is 4. The van der Waals surface area contributed by atoms with Crippen molar-refractivity contribution in [3.05, 3.63) is 23.2 Å². The molecule has 1 heterocycles. The molecule has 6 heteroatoms. The summed E-state index contributed by atoms with van der Waals surface area (Å²) in [7, 11) is 0. The van der Waals surface area contributed by atoms with E-state index in [-0.39, 0.29) is 13.2 Å². The van der Waals surface area contributed by atoms with Crippen molar-refractivity contribution >= 4 is 23.4 Å². The standard InChI is InChI=1S/C14H18ClNO4/c1-14(2,3)20-13(18)16-7-10(8-17)19-12-5-4-9(15)6-11(12)16/h4-6,10,17H,7-8H2,1-3H3/t10-/m1/s1. The molecule has 0 saturated carbocycles. The van der Waals surface area contributed by atoms with E-state index in [0.29, 0.717) is 16.5 Å². The lowest BCUT2D eigenvalue weighted by molar-refractivity contribution is 0.0519. The van der Waals surface area contributed by atoms with Gasteiger partial charge in [-0.3, -0.25) is 4.90 Å². The summed E-state index contributed by atoms with van der Waals surface area (Å²) in [6.07, 6.45) is -0.959. The van der Waals surface area contributed by atoms with Gasteiger partial charge in [0.15, 0.2) is 0 Å². The Morgan fingerprint density at radius 2 is 2.25 bits per heavy atom. The maximum absolute atomic E-state index is 12.3. The minimum Gasteiger partial charge on any atom is -0.484 e. The number of aliphatic hydroxyl groups excluding tert-OH is 1. The number of hydrogen-bond donors (Lipinski definition) is 1. The van der Waals surface area contributed by atoms with Crippen LogP contribution >= 0.6 is 11.6 Å². The van der Waals surface area contributed by atoms with E-state index in [4.69, 9.17) is 21.1 Å². The molecule has 1 amide bonds. The summed E-state index contributed by atoms with van der Waals surface area (Å²) in [4.78, 5) is 13.7. The number of benzene rings is 1. The van der Waals surface area contributed by atoms with E-state index in [1.165, 1.54) is 4.90 Å². The van der Waals surface area contributed by atoms with E-state index >= 15 is 0 Å². The minimum absolute atomic E-state index is 0.179. The van der Waals surface area contributed by atoms with Crippen molar-refractivity contribution in [1.29, 1.82) is 0 Å². The van der Waals surface area contributed by atoms with Gasteiger partial charge < -0.3 is 14.6 Å². The molecule has 0 fully saturated rings. The van der Waals surface area contributed by atoms with Crippen LogP contribution in [0.3, 0.4) is 0 Å². The van der Waals surface area contributed by atoms with Crippen LogP contribution in [0.25, 0.3) is 0 Å². The van der Waals surface area contributed by atoms with Gasteiger partial charge in [0.25, 0.3) is 0 Å². The second-order valence-corrected chi connectivity index (χ2v) is 6.06. The van der Waals surface area contributed by atoms with Crippen LogP contribution < -0.4 is 9.64 Å². The molecule has 1 aromatic carbocycles. The summed E-state index contributed by atoms with van der Waals surface area (Å²) in [6, 6.07) is 5.00. The van der Waals surface area contributed by atoms with Crippen molar-refractivity contribution in [2.75, 3.05) is 18.1 Å². The van der Waals surface area contributed by atoms with E-state index in [0.717, 1.165) is 0 Å². The number of carbonyl (C=O) groups excluding carboxylic acids is 1. The highest BCUT2D eigenvalue weighted by atomic mass is 35.5. The number of ether oxygens (including phenoxy) is 2. The van der Waals surface area contributed by atoms with E-state index < -0.39 is 17.8 Å². The van der Waals surface area contributed by atoms with Crippen molar-refractivity contribution in [2.45, 2.75) is 32.5 Å². The van der Waals surface area contributed by atoms with Crippen LogP contribution in [-0.4, -0.2) is 36.1 Å². The largest absolute Gasteiger partial charge is 0.484 e. The first-order valence-electron chi connectivity index (χ1n) is 6.38. The van der Waals surface area contributed by atoms with Gasteiger partial charge in [0.2, 0.25) is 0 Å². The Balaban J connectivity index is 2.32. The van der Waals surface area contributed by atoms with Gasteiger partial charge in [-0.15, -0.1) is 0 Å². The highest BCUT2D eigenvalue weighted by molar-refractivity contribution is 6.31. The van der Waals surface area contributed by atoms with E-state index in [1.54, 1.807) is 39.0 Å². The molecule has 0 radical (unpaired) electrons. The average molecular weight is 300 g/mol. The number of aliphatic hydroxyl groups is 1. The predicted octanol–water partition coefficient (Wildman–Crippen LogP) is 2.83. The van der Waals surface area contributed by atoms with Gasteiger partial charge >= 0.3 is 6.09 Å². The lowest BCUT2D eigenvalue weighted by Crippen LogP contribution is -2.47. The van der Waals surface area contributed by atoms with Crippen molar-refractivity contribution in [3.63, 3.8) is 0 Å². The predicted molar refractivity (Wildman–Crippen MR) is 76.5 cm³/mol. The number of fused-ring (bicyclic) bond motifs is 1. The van der Waals surface area contributed by atoms with Crippen LogP contribution in [0.1, 0.15) is 20.8 Å². The van der Waals surface area contributed by atoms with Crippen LogP contribution in [0.2, 0.25) is 5.02 Å². The van der Waals surface area contributed by atoms with Crippen LogP contribution in [0.4, 0.5) is 10.5 Å². The zero-order valence-corrected chi connectivity index (χ0v) is 12.5. The monoisotopic (exact) mass is 299 g/mol. The second-order valence-electron chi connectivity index (χ2n) is 5.63. The van der Waals surface area contributed by atoms with Crippen molar-refractivity contribution in [2.24, 2.45) is 0 Å². The lowest BCUT2D eigenvalue weighted by atomic mass is 10.2. The fraction of sp³-hybridized carbons (Fsp3) is 0.500. The molecular formula is C14H18ClNO4. The lowest BCUT2D eigenvalue weighted by Gasteiger charge is -2.35. The molecule has 0 aliphatic carbocycles. The van der Waals surface area contributed by atoms with Gasteiger partial charge in [-0.25, -0.2) is 4.79 Å². The molecule has 1 aliphatic rings. The van der Waals surface area contributed by atoms with Crippen molar-refractivity contribution in [1.82, 2.24) is 0 Å². The number of halogens is 1. The van der Waals surface area contributed by atoms with E-state index in [9.17, 15) is 9.90 Å². The molecule has 0 spiro atoms. The van der Waals surface area contributed by atoms with E-state index in [1.807, 2.05) is 0 Å². The summed E-state index contributed by atoms with van der Waals surface area (Å²) in [5.74, 6) is 0.505. The molecule has 1 aromatic rings. The zero-order valence-electron chi connectivity index (χ0n) is 11.7. The molecular weight excluding hydrogens is 282 g/mol. The number of rotatable bonds is 1. The first-order valence-corrected chi connectivity index (χ1v) is 6.75. The molecule has 0 aromatic heterocycles. The maximum Gasteiger partial charge on any atom is 0.415 e. The van der Waals surface area contributed by atoms with Crippen molar-refractivity contribution < 1.29 is 19.4 Å². The summed E-state index contributed by atoms with van der Waals surface area (Å²) in [5.41, 5.74) is -0.0421. The number of anilines is 1. The van der Waals surface area contributed by atoms with Gasteiger partial charge in [0.05, 0.1) is 18.8 Å². The topological polar surface area (TPSA) is 59.0 Å². The Morgan fingerprint density at radius 3 is 2.85 bits per heavy atom. The first-order chi connectivity index (χ1) is 9.30. The Morgan fingerprint density at radius 1 is 1.55 bits per heavy atom. The minimum atomic E-state index is -0.594. The van der Waals surface area contributed by atoms with Gasteiger partial charge in [-0.05, 0) is 39.0 Å². The van der Waals surface area contributed by atoms with Gasteiger partial charge in [0, 0.05) is 5.02 Å². The molecule has 20 heavy (non-hydrogen) atoms. The molecule has 1 N–H and O–H groups in total. The molecule has 5 nitrogen and oxygen atoms in total. The summed E-state index contributed by atoms with van der Waals surface area (Å²) in [6.45, 7) is 5.44. The second kappa shape index (κ2) is 5.50. The Bertz CT molecular complexity index is 512. The third-order valence-corrected chi connectivity index (χ3v) is 2.94. The molecule has 0 bridgehead atoms. The number of carbonyl (C=O) groups is 1. The summed E-state index contributed by atoms with van der Waals surface area (Å²) < 4.78 is 11.0. The first kappa shape index (κ1) is 14.9. The number of nitrogens with zero attached hydrogens (tertiary/aromatic N) is 1. The third kappa shape index (κ3) is 3.35. The molecule has 0 unspecified atom stereocenters. The number of amides is 1. The highest BCUT2D eigenvalue weighted by Gasteiger charge is 2.32. The average Bonchev–Trinajstić information content (AvgIpc) is 2.35. The van der Waals surface area contributed by atoms with Crippen LogP contribution in [0, 0.1) is 0 Å². The van der Waals surface area contributed by atoms with Crippen LogP contribution in [-0.2, 0) is 4.74 Å². The van der Waals surface area contributed by atoms with Crippen LogP contribution in [0.15, 0.2) is 18.2 Å². The third-order valence-electron chi connectivity index (χ3n) is 2.71. The van der Waals surface area contributed by atoms with E-state index in [2.05, 4.69) is 0 Å². The Kier molecular flexibility index (Phi) is 4.11.